The smallest absolute Gasteiger partial charge is 0.289 e. The molecule has 0 aliphatic carbocycles. The third kappa shape index (κ3) is 3.77. The summed E-state index contributed by atoms with van der Waals surface area (Å²) in [5, 5.41) is -3.62. The lowest BCUT2D eigenvalue weighted by Crippen LogP contribution is -2.59. The van der Waals surface area contributed by atoms with E-state index in [0.717, 1.165) is 0 Å². The van der Waals surface area contributed by atoms with Crippen LogP contribution in [0.3, 0.4) is 0 Å². The predicted octanol–water partition coefficient (Wildman–Crippen LogP) is 1.36. The molecule has 5 unspecified atom stereocenters. The molecule has 3 fully saturated rings. The first-order valence-corrected chi connectivity index (χ1v) is 13.7. The van der Waals surface area contributed by atoms with Gasteiger partial charge < -0.3 is 28.7 Å². The van der Waals surface area contributed by atoms with E-state index in [9.17, 15) is 18.9 Å². The SMILES string of the molecule is CC1(C)N2CCOCCOCCN(CCOCCOCC23C(C)(C)P3(=O)O)P1(=O)O. The van der Waals surface area contributed by atoms with E-state index < -0.39 is 30.6 Å². The van der Waals surface area contributed by atoms with Crippen LogP contribution in [0.15, 0.2) is 0 Å². The van der Waals surface area contributed by atoms with Gasteiger partial charge in [0.2, 0.25) is 7.37 Å². The van der Waals surface area contributed by atoms with E-state index in [4.69, 9.17) is 18.9 Å². The number of rotatable bonds is 0. The van der Waals surface area contributed by atoms with Gasteiger partial charge in [0.1, 0.15) is 10.6 Å². The van der Waals surface area contributed by atoms with Crippen LogP contribution in [0.25, 0.3) is 0 Å². The van der Waals surface area contributed by atoms with Gasteiger partial charge in [-0.3, -0.25) is 14.0 Å². The quantitative estimate of drug-likeness (QED) is 0.503. The van der Waals surface area contributed by atoms with Crippen LogP contribution >= 0.6 is 14.9 Å². The highest BCUT2D eigenvalue weighted by molar-refractivity contribution is 7.70. The second kappa shape index (κ2) is 8.82. The van der Waals surface area contributed by atoms with Crippen molar-refractivity contribution in [2.45, 2.75) is 43.4 Å². The van der Waals surface area contributed by atoms with Crippen LogP contribution in [0.4, 0.5) is 0 Å². The molecule has 0 radical (unpaired) electrons. The van der Waals surface area contributed by atoms with Gasteiger partial charge in [-0.15, -0.1) is 0 Å². The number of nitrogens with zero attached hydrogens (tertiary/aromatic N) is 2. The molecule has 0 aromatic rings. The van der Waals surface area contributed by atoms with Gasteiger partial charge in [0.25, 0.3) is 7.52 Å². The average Bonchev–Trinajstić information content (AvgIpc) is 2.99. The maximum Gasteiger partial charge on any atom is 0.289 e. The van der Waals surface area contributed by atoms with Crippen molar-refractivity contribution in [3.8, 4) is 0 Å². The summed E-state index contributed by atoms with van der Waals surface area (Å²) in [5.41, 5.74) is 0. The molecule has 2 N–H and O–H groups in total. The van der Waals surface area contributed by atoms with E-state index in [1.807, 2.05) is 0 Å². The second-order valence-electron chi connectivity index (χ2n) is 8.99. The number of hydrogen-bond acceptors (Lipinski definition) is 7. The number of ether oxygens (including phenoxy) is 4. The summed E-state index contributed by atoms with van der Waals surface area (Å²) in [6.07, 6.45) is 0. The Labute approximate surface area is 178 Å². The summed E-state index contributed by atoms with van der Waals surface area (Å²) in [6.45, 7) is 9.62. The molecule has 0 aromatic carbocycles. The zero-order valence-electron chi connectivity index (χ0n) is 18.4. The minimum atomic E-state index is -4.05. The van der Waals surface area contributed by atoms with Gasteiger partial charge in [0, 0.05) is 19.6 Å². The van der Waals surface area contributed by atoms with Crippen molar-refractivity contribution in [3.63, 3.8) is 0 Å². The summed E-state index contributed by atoms with van der Waals surface area (Å²) in [7, 11) is -7.79. The number of hydrogen-bond donors (Lipinski definition) is 2. The van der Waals surface area contributed by atoms with Crippen LogP contribution in [-0.2, 0) is 28.1 Å². The first kappa shape index (κ1) is 24.8. The van der Waals surface area contributed by atoms with Crippen LogP contribution in [0, 0.1) is 0 Å². The fourth-order valence-corrected chi connectivity index (χ4v) is 9.67. The molecule has 0 saturated carbocycles. The Hall–Kier alpha value is 0.140. The van der Waals surface area contributed by atoms with Crippen molar-refractivity contribution in [1.29, 1.82) is 0 Å². The summed E-state index contributed by atoms with van der Waals surface area (Å²) < 4.78 is 51.5. The Morgan fingerprint density at radius 3 is 1.63 bits per heavy atom. The molecule has 5 atom stereocenters. The molecule has 176 valence electrons. The summed E-state index contributed by atoms with van der Waals surface area (Å²) >= 11 is 0. The highest BCUT2D eigenvalue weighted by Crippen LogP contribution is 2.89. The zero-order chi connectivity index (χ0) is 22.3. The topological polar surface area (TPSA) is 118 Å². The lowest BCUT2D eigenvalue weighted by atomic mass is 10.0. The Balaban J connectivity index is 2.11. The Kier molecular flexibility index (Phi) is 7.29. The molecular weight excluding hydrogens is 434 g/mol. The van der Waals surface area contributed by atoms with Gasteiger partial charge in [-0.1, -0.05) is 0 Å². The molecular formula is C18H36N2O8P2. The van der Waals surface area contributed by atoms with Crippen LogP contribution in [0.1, 0.15) is 27.7 Å². The molecule has 12 heteroatoms. The van der Waals surface area contributed by atoms with Crippen LogP contribution in [-0.4, -0.2) is 108 Å². The molecule has 3 aliphatic heterocycles. The molecule has 30 heavy (non-hydrogen) atoms. The minimum absolute atomic E-state index is 0.0241. The maximum absolute atomic E-state index is 14.0. The highest BCUT2D eigenvalue weighted by atomic mass is 31.2. The van der Waals surface area contributed by atoms with Crippen molar-refractivity contribution >= 4 is 14.9 Å². The summed E-state index contributed by atoms with van der Waals surface area (Å²) in [5.74, 6) is 0. The molecule has 3 rings (SSSR count). The molecule has 0 amide bonds. The van der Waals surface area contributed by atoms with E-state index in [1.165, 1.54) is 4.67 Å². The molecule has 10 nitrogen and oxygen atoms in total. The minimum Gasteiger partial charge on any atom is -0.378 e. The molecule has 3 saturated heterocycles. The van der Waals surface area contributed by atoms with Gasteiger partial charge in [-0.2, -0.15) is 0 Å². The van der Waals surface area contributed by atoms with Gasteiger partial charge in [0.15, 0.2) is 0 Å². The molecule has 1 spiro atoms. The van der Waals surface area contributed by atoms with E-state index in [1.54, 1.807) is 32.6 Å². The lowest BCUT2D eigenvalue weighted by Gasteiger charge is -2.49. The predicted molar refractivity (Wildman–Crippen MR) is 112 cm³/mol. The van der Waals surface area contributed by atoms with Gasteiger partial charge in [-0.25, -0.2) is 4.67 Å². The van der Waals surface area contributed by atoms with Gasteiger partial charge >= 0.3 is 0 Å². The Bertz CT molecular complexity index is 714. The monoisotopic (exact) mass is 470 g/mol. The van der Waals surface area contributed by atoms with Crippen molar-refractivity contribution in [2.24, 2.45) is 0 Å². The van der Waals surface area contributed by atoms with Crippen molar-refractivity contribution in [3.05, 3.63) is 0 Å². The molecule has 3 heterocycles. The average molecular weight is 470 g/mol. The standard InChI is InChI=1S/C18H36N2O8P2/c1-16(2)18(29(16,21)22)15-28-14-13-26-9-6-19-5-8-25-11-12-27-10-7-20(18)17(3,4)30(19,23)24/h5-15H2,1-4H3,(H,21,22)(H,23,24). The Morgan fingerprint density at radius 1 is 0.733 bits per heavy atom. The van der Waals surface area contributed by atoms with Crippen molar-refractivity contribution < 1.29 is 37.9 Å². The van der Waals surface area contributed by atoms with E-state index in [0.29, 0.717) is 19.8 Å². The van der Waals surface area contributed by atoms with Gasteiger partial charge in [-0.05, 0) is 27.7 Å². The first-order valence-electron chi connectivity index (χ1n) is 10.4. The zero-order valence-corrected chi connectivity index (χ0v) is 20.2. The number of fused-ring (bicyclic) bond motifs is 4. The largest absolute Gasteiger partial charge is 0.378 e. The normalized spacial score (nSPS) is 45.5. The fourth-order valence-electron chi connectivity index (χ4n) is 4.66. The summed E-state index contributed by atoms with van der Waals surface area (Å²) in [4.78, 5) is 24.2. The molecule has 3 aliphatic rings. The third-order valence-corrected chi connectivity index (χ3v) is 13.3. The van der Waals surface area contributed by atoms with Crippen LogP contribution in [0.5, 0.6) is 0 Å². The molecule has 0 aromatic heterocycles. The van der Waals surface area contributed by atoms with Crippen molar-refractivity contribution in [1.82, 2.24) is 9.57 Å². The Morgan fingerprint density at radius 2 is 1.17 bits per heavy atom. The summed E-state index contributed by atoms with van der Waals surface area (Å²) in [6, 6.07) is 0. The third-order valence-electron chi connectivity index (χ3n) is 6.89. The van der Waals surface area contributed by atoms with Crippen LogP contribution < -0.4 is 0 Å². The second-order valence-corrected chi connectivity index (χ2v) is 14.7. The van der Waals surface area contributed by atoms with Crippen LogP contribution in [0.2, 0.25) is 0 Å². The molecule has 2 bridgehead atoms. The lowest BCUT2D eigenvalue weighted by molar-refractivity contribution is -0.0341. The van der Waals surface area contributed by atoms with Crippen molar-refractivity contribution in [2.75, 3.05) is 72.5 Å². The maximum atomic E-state index is 14.0. The van der Waals surface area contributed by atoms with E-state index in [2.05, 4.69) is 0 Å². The first-order chi connectivity index (χ1) is 13.9. The highest BCUT2D eigenvalue weighted by Gasteiger charge is 2.86. The van der Waals surface area contributed by atoms with E-state index in [-0.39, 0.29) is 52.7 Å². The fraction of sp³-hybridized carbons (Fsp3) is 1.00. The van der Waals surface area contributed by atoms with Gasteiger partial charge in [0.05, 0.1) is 58.0 Å². The van der Waals surface area contributed by atoms with E-state index >= 15 is 0 Å².